The molecule has 1 heterocycles. The van der Waals surface area contributed by atoms with Crippen LogP contribution in [0.4, 0.5) is 4.39 Å². The molecule has 0 bridgehead atoms. The number of pyridine rings is 1. The Kier molecular flexibility index (Phi) is 6.36. The number of amides is 1. The fourth-order valence-corrected chi connectivity index (χ4v) is 2.49. The predicted molar refractivity (Wildman–Crippen MR) is 105 cm³/mol. The fourth-order valence-electron chi connectivity index (χ4n) is 2.49. The van der Waals surface area contributed by atoms with E-state index in [-0.39, 0.29) is 18.2 Å². The number of nitrogens with zero attached hydrogens (tertiary/aromatic N) is 1. The first-order chi connectivity index (χ1) is 13.7. The van der Waals surface area contributed by atoms with E-state index in [4.69, 9.17) is 9.47 Å². The van der Waals surface area contributed by atoms with Crippen LogP contribution in [-0.2, 0) is 11.3 Å². The second kappa shape index (κ2) is 9.32. The third kappa shape index (κ3) is 5.17. The summed E-state index contributed by atoms with van der Waals surface area (Å²) in [5.41, 5.74) is 1.41. The van der Waals surface area contributed by atoms with E-state index in [2.05, 4.69) is 10.3 Å². The lowest BCUT2D eigenvalue weighted by atomic mass is 10.2. The Morgan fingerprint density at radius 3 is 2.75 bits per heavy atom. The lowest BCUT2D eigenvalue weighted by Gasteiger charge is -2.08. The molecular weight excluding hydrogens is 359 g/mol. The number of rotatable bonds is 7. The number of hydrogen-bond acceptors (Lipinski definition) is 4. The maximum absolute atomic E-state index is 14.2. The predicted octanol–water partition coefficient (Wildman–Crippen LogP) is 4.35. The molecule has 28 heavy (non-hydrogen) atoms. The number of nitrogens with one attached hydrogen (secondary N) is 1. The molecule has 0 saturated carbocycles. The number of aromatic nitrogens is 1. The van der Waals surface area contributed by atoms with Gasteiger partial charge >= 0.3 is 0 Å². The summed E-state index contributed by atoms with van der Waals surface area (Å²) in [6, 6.07) is 15.3. The van der Waals surface area contributed by atoms with E-state index in [9.17, 15) is 9.18 Å². The Morgan fingerprint density at radius 2 is 2.00 bits per heavy atom. The Bertz CT molecular complexity index is 975. The molecule has 1 N–H and O–H groups in total. The standard InChI is InChI=1S/C22H19FN2O3/c1-27-20-7-3-2-5-17(20)9-11-22(26)25-14-16-8-10-21(19(23)13-16)28-18-6-4-12-24-15-18/h2-13,15H,14H2,1H3,(H,25,26). The molecule has 6 heteroatoms. The molecule has 0 radical (unpaired) electrons. The van der Waals surface area contributed by atoms with Crippen molar-refractivity contribution in [3.05, 3.63) is 90.0 Å². The molecule has 0 aliphatic heterocycles. The zero-order valence-electron chi connectivity index (χ0n) is 15.3. The van der Waals surface area contributed by atoms with Gasteiger partial charge in [-0.1, -0.05) is 24.3 Å². The highest BCUT2D eigenvalue weighted by Gasteiger charge is 2.07. The van der Waals surface area contributed by atoms with Crippen LogP contribution in [0.3, 0.4) is 0 Å². The Hall–Kier alpha value is -3.67. The van der Waals surface area contributed by atoms with E-state index in [1.54, 1.807) is 37.6 Å². The third-order valence-corrected chi connectivity index (χ3v) is 3.88. The van der Waals surface area contributed by atoms with Crippen LogP contribution < -0.4 is 14.8 Å². The molecule has 5 nitrogen and oxygen atoms in total. The van der Waals surface area contributed by atoms with Gasteiger partial charge in [0.25, 0.3) is 0 Å². The fraction of sp³-hybridized carbons (Fsp3) is 0.0909. The van der Waals surface area contributed by atoms with Crippen molar-refractivity contribution in [2.45, 2.75) is 6.54 Å². The number of para-hydroxylation sites is 1. The lowest BCUT2D eigenvalue weighted by Crippen LogP contribution is -2.20. The van der Waals surface area contributed by atoms with Gasteiger partial charge in [-0.15, -0.1) is 0 Å². The average molecular weight is 378 g/mol. The van der Waals surface area contributed by atoms with Crippen LogP contribution >= 0.6 is 0 Å². The first kappa shape index (κ1) is 19.1. The van der Waals surface area contributed by atoms with Gasteiger partial charge in [-0.3, -0.25) is 9.78 Å². The quantitative estimate of drug-likeness (QED) is 0.621. The van der Waals surface area contributed by atoms with Crippen molar-refractivity contribution in [3.63, 3.8) is 0 Å². The van der Waals surface area contributed by atoms with E-state index in [0.29, 0.717) is 17.1 Å². The second-order valence-corrected chi connectivity index (χ2v) is 5.85. The summed E-state index contributed by atoms with van der Waals surface area (Å²) in [6.07, 6.45) is 6.19. The largest absolute Gasteiger partial charge is 0.496 e. The number of halogens is 1. The molecule has 0 unspecified atom stereocenters. The minimum Gasteiger partial charge on any atom is -0.496 e. The molecule has 0 aliphatic rings. The van der Waals surface area contributed by atoms with Crippen molar-refractivity contribution in [3.8, 4) is 17.2 Å². The highest BCUT2D eigenvalue weighted by Crippen LogP contribution is 2.24. The summed E-state index contributed by atoms with van der Waals surface area (Å²) in [5, 5.41) is 2.72. The molecule has 3 rings (SSSR count). The second-order valence-electron chi connectivity index (χ2n) is 5.85. The molecule has 1 amide bonds. The Balaban J connectivity index is 1.57. The Morgan fingerprint density at radius 1 is 1.14 bits per heavy atom. The van der Waals surface area contributed by atoms with E-state index in [1.807, 2.05) is 24.3 Å². The molecule has 0 fully saturated rings. The number of carbonyl (C=O) groups excluding carboxylic acids is 1. The highest BCUT2D eigenvalue weighted by molar-refractivity contribution is 5.92. The van der Waals surface area contributed by atoms with Crippen molar-refractivity contribution >= 4 is 12.0 Å². The number of ether oxygens (including phenoxy) is 2. The first-order valence-corrected chi connectivity index (χ1v) is 8.61. The van der Waals surface area contributed by atoms with Crippen molar-refractivity contribution in [1.82, 2.24) is 10.3 Å². The Labute approximate surface area is 162 Å². The van der Waals surface area contributed by atoms with Crippen molar-refractivity contribution in [2.24, 2.45) is 0 Å². The minimum atomic E-state index is -0.514. The van der Waals surface area contributed by atoms with Crippen LogP contribution in [0.15, 0.2) is 73.1 Å². The smallest absolute Gasteiger partial charge is 0.244 e. The van der Waals surface area contributed by atoms with Crippen molar-refractivity contribution in [2.75, 3.05) is 7.11 Å². The lowest BCUT2D eigenvalue weighted by molar-refractivity contribution is -0.116. The van der Waals surface area contributed by atoms with Gasteiger partial charge in [0.1, 0.15) is 11.5 Å². The van der Waals surface area contributed by atoms with Crippen LogP contribution in [0.25, 0.3) is 6.08 Å². The average Bonchev–Trinajstić information content (AvgIpc) is 2.73. The van der Waals surface area contributed by atoms with Gasteiger partial charge in [-0.2, -0.15) is 0 Å². The van der Waals surface area contributed by atoms with Crippen LogP contribution in [0.2, 0.25) is 0 Å². The van der Waals surface area contributed by atoms with E-state index in [1.165, 1.54) is 24.4 Å². The number of carbonyl (C=O) groups is 1. The number of methoxy groups -OCH3 is 1. The highest BCUT2D eigenvalue weighted by atomic mass is 19.1. The minimum absolute atomic E-state index is 0.0964. The number of benzene rings is 2. The molecule has 142 valence electrons. The first-order valence-electron chi connectivity index (χ1n) is 8.61. The normalized spacial score (nSPS) is 10.6. The molecular formula is C22H19FN2O3. The van der Waals surface area contributed by atoms with Crippen LogP contribution in [-0.4, -0.2) is 18.0 Å². The van der Waals surface area contributed by atoms with Crippen LogP contribution in [0.5, 0.6) is 17.2 Å². The maximum Gasteiger partial charge on any atom is 0.244 e. The van der Waals surface area contributed by atoms with Gasteiger partial charge in [-0.25, -0.2) is 4.39 Å². The summed E-state index contributed by atoms with van der Waals surface area (Å²) in [6.45, 7) is 0.194. The summed E-state index contributed by atoms with van der Waals surface area (Å²) in [7, 11) is 1.57. The van der Waals surface area contributed by atoms with Gasteiger partial charge in [0.15, 0.2) is 11.6 Å². The van der Waals surface area contributed by atoms with Crippen molar-refractivity contribution < 1.29 is 18.7 Å². The maximum atomic E-state index is 14.2. The summed E-state index contributed by atoms with van der Waals surface area (Å²) in [4.78, 5) is 15.9. The molecule has 1 aromatic heterocycles. The number of hydrogen-bond donors (Lipinski definition) is 1. The SMILES string of the molecule is COc1ccccc1C=CC(=O)NCc1ccc(Oc2cccnc2)c(F)c1. The summed E-state index contributed by atoms with van der Waals surface area (Å²) < 4.78 is 24.9. The van der Waals surface area contributed by atoms with Crippen LogP contribution in [0, 0.1) is 5.82 Å². The van der Waals surface area contributed by atoms with E-state index >= 15 is 0 Å². The molecule has 0 atom stereocenters. The van der Waals surface area contributed by atoms with E-state index in [0.717, 1.165) is 5.56 Å². The zero-order chi connectivity index (χ0) is 19.8. The monoisotopic (exact) mass is 378 g/mol. The molecule has 3 aromatic rings. The summed E-state index contributed by atoms with van der Waals surface area (Å²) in [5.74, 6) is 0.420. The van der Waals surface area contributed by atoms with Gasteiger partial charge in [0.2, 0.25) is 5.91 Å². The topological polar surface area (TPSA) is 60.5 Å². The summed E-state index contributed by atoms with van der Waals surface area (Å²) >= 11 is 0. The van der Waals surface area contributed by atoms with Gasteiger partial charge in [0.05, 0.1) is 13.3 Å². The molecule has 2 aromatic carbocycles. The van der Waals surface area contributed by atoms with Gasteiger partial charge < -0.3 is 14.8 Å². The van der Waals surface area contributed by atoms with E-state index < -0.39 is 5.82 Å². The van der Waals surface area contributed by atoms with Gasteiger partial charge in [0, 0.05) is 24.4 Å². The van der Waals surface area contributed by atoms with Crippen molar-refractivity contribution in [1.29, 1.82) is 0 Å². The third-order valence-electron chi connectivity index (χ3n) is 3.88. The van der Waals surface area contributed by atoms with Gasteiger partial charge in [-0.05, 0) is 42.0 Å². The zero-order valence-corrected chi connectivity index (χ0v) is 15.3. The molecule has 0 saturated heterocycles. The van der Waals surface area contributed by atoms with Crippen LogP contribution in [0.1, 0.15) is 11.1 Å². The molecule has 0 spiro atoms. The molecule has 0 aliphatic carbocycles.